The number of hydrogen-bond donors (Lipinski definition) is 0. The van der Waals surface area contributed by atoms with Crippen LogP contribution in [0.3, 0.4) is 0 Å². The number of non-ortho nitro benzene ring substituents is 1. The summed E-state index contributed by atoms with van der Waals surface area (Å²) in [5, 5.41) is 15.8. The molecule has 0 N–H and O–H groups in total. The zero-order chi connectivity index (χ0) is 13.9. The summed E-state index contributed by atoms with van der Waals surface area (Å²) in [5.74, 6) is 0. The Labute approximate surface area is 119 Å². The van der Waals surface area contributed by atoms with Crippen molar-refractivity contribution in [2.24, 2.45) is 0 Å². The second kappa shape index (κ2) is 5.22. The van der Waals surface area contributed by atoms with Crippen LogP contribution in [0, 0.1) is 10.1 Å². The van der Waals surface area contributed by atoms with E-state index in [0.717, 1.165) is 10.9 Å². The van der Waals surface area contributed by atoms with Crippen LogP contribution in [0.4, 0.5) is 5.69 Å². The van der Waals surface area contributed by atoms with E-state index in [2.05, 4.69) is 4.98 Å². The Morgan fingerprint density at radius 3 is 2.80 bits per heavy atom. The molecule has 2 aromatic heterocycles. The van der Waals surface area contributed by atoms with Crippen molar-refractivity contribution in [3.05, 3.63) is 68.5 Å². The average Bonchev–Trinajstić information content (AvgIpc) is 2.97. The number of thiophene rings is 1. The SMILES string of the molecule is O=[N+]([O-])c1cccc2ccc(/C=C\c3ccsc3)nc12. The molecule has 0 aliphatic rings. The number of aromatic nitrogens is 1. The van der Waals surface area contributed by atoms with Crippen molar-refractivity contribution in [2.45, 2.75) is 0 Å². The smallest absolute Gasteiger partial charge is 0.258 e. The standard InChI is InChI=1S/C15H10N2O2S/c18-17(19)14-3-1-2-12-5-7-13(16-15(12)14)6-4-11-8-9-20-10-11/h1-10H/b6-4-. The monoisotopic (exact) mass is 282 g/mol. The van der Waals surface area contributed by atoms with Gasteiger partial charge in [-0.15, -0.1) is 0 Å². The molecule has 0 aliphatic carbocycles. The molecule has 0 saturated carbocycles. The van der Waals surface area contributed by atoms with Crippen LogP contribution in [-0.2, 0) is 0 Å². The second-order valence-electron chi connectivity index (χ2n) is 4.23. The zero-order valence-electron chi connectivity index (χ0n) is 10.4. The third-order valence-corrected chi connectivity index (χ3v) is 3.61. The van der Waals surface area contributed by atoms with Gasteiger partial charge in [-0.3, -0.25) is 10.1 Å². The number of fused-ring (bicyclic) bond motifs is 1. The first-order chi connectivity index (χ1) is 9.74. The minimum Gasteiger partial charge on any atom is -0.258 e. The number of pyridine rings is 1. The van der Waals surface area contributed by atoms with Gasteiger partial charge in [-0.2, -0.15) is 11.3 Å². The molecule has 3 rings (SSSR count). The topological polar surface area (TPSA) is 56.0 Å². The van der Waals surface area contributed by atoms with Crippen LogP contribution in [0.2, 0.25) is 0 Å². The molecule has 20 heavy (non-hydrogen) atoms. The highest BCUT2D eigenvalue weighted by molar-refractivity contribution is 7.08. The van der Waals surface area contributed by atoms with Crippen molar-refractivity contribution in [3.63, 3.8) is 0 Å². The summed E-state index contributed by atoms with van der Waals surface area (Å²) < 4.78 is 0. The van der Waals surface area contributed by atoms with Crippen molar-refractivity contribution >= 4 is 40.1 Å². The van der Waals surface area contributed by atoms with E-state index in [1.165, 1.54) is 6.07 Å². The Kier molecular flexibility index (Phi) is 3.26. The predicted molar refractivity (Wildman–Crippen MR) is 81.6 cm³/mol. The molecule has 0 atom stereocenters. The summed E-state index contributed by atoms with van der Waals surface area (Å²) in [7, 11) is 0. The first-order valence-corrected chi connectivity index (χ1v) is 6.93. The maximum absolute atomic E-state index is 11.0. The molecule has 4 nitrogen and oxygen atoms in total. The number of para-hydroxylation sites is 1. The lowest BCUT2D eigenvalue weighted by Gasteiger charge is -2.00. The molecule has 5 heteroatoms. The van der Waals surface area contributed by atoms with Gasteiger partial charge < -0.3 is 0 Å². The predicted octanol–water partition coefficient (Wildman–Crippen LogP) is 4.37. The van der Waals surface area contributed by atoms with E-state index >= 15 is 0 Å². The number of nitrogens with zero attached hydrogens (tertiary/aromatic N) is 2. The fraction of sp³-hybridized carbons (Fsp3) is 0. The third kappa shape index (κ3) is 2.44. The summed E-state index contributed by atoms with van der Waals surface area (Å²) in [6, 6.07) is 10.7. The van der Waals surface area contributed by atoms with Crippen LogP contribution in [0.5, 0.6) is 0 Å². The van der Waals surface area contributed by atoms with Crippen LogP contribution >= 0.6 is 11.3 Å². The van der Waals surface area contributed by atoms with Gasteiger partial charge in [-0.05, 0) is 34.5 Å². The normalized spacial score (nSPS) is 11.2. The van der Waals surface area contributed by atoms with Gasteiger partial charge in [-0.25, -0.2) is 4.98 Å². The highest BCUT2D eigenvalue weighted by atomic mass is 32.1. The molecule has 0 radical (unpaired) electrons. The molecule has 0 aliphatic heterocycles. The summed E-state index contributed by atoms with van der Waals surface area (Å²) in [6.07, 6.45) is 3.80. The van der Waals surface area contributed by atoms with Crippen molar-refractivity contribution in [1.82, 2.24) is 4.98 Å². The third-order valence-electron chi connectivity index (χ3n) is 2.91. The van der Waals surface area contributed by atoms with Gasteiger partial charge in [0.15, 0.2) is 0 Å². The number of rotatable bonds is 3. The molecule has 0 unspecified atom stereocenters. The highest BCUT2D eigenvalue weighted by Crippen LogP contribution is 2.24. The van der Waals surface area contributed by atoms with Crippen LogP contribution < -0.4 is 0 Å². The van der Waals surface area contributed by atoms with E-state index in [0.29, 0.717) is 11.2 Å². The van der Waals surface area contributed by atoms with Crippen molar-refractivity contribution in [2.75, 3.05) is 0 Å². The van der Waals surface area contributed by atoms with Crippen LogP contribution in [0.15, 0.2) is 47.2 Å². The van der Waals surface area contributed by atoms with E-state index in [1.54, 1.807) is 17.4 Å². The molecule has 1 aromatic carbocycles. The summed E-state index contributed by atoms with van der Waals surface area (Å²) in [5.41, 5.74) is 2.26. The molecule has 0 amide bonds. The molecule has 0 saturated heterocycles. The van der Waals surface area contributed by atoms with Crippen molar-refractivity contribution < 1.29 is 4.92 Å². The maximum atomic E-state index is 11.0. The fourth-order valence-electron chi connectivity index (χ4n) is 1.94. The van der Waals surface area contributed by atoms with Gasteiger partial charge in [-0.1, -0.05) is 24.3 Å². The van der Waals surface area contributed by atoms with Gasteiger partial charge in [0, 0.05) is 11.5 Å². The quantitative estimate of drug-likeness (QED) is 0.529. The largest absolute Gasteiger partial charge is 0.295 e. The Morgan fingerprint density at radius 2 is 2.05 bits per heavy atom. The van der Waals surface area contributed by atoms with Crippen molar-refractivity contribution in [1.29, 1.82) is 0 Å². The fourth-order valence-corrected chi connectivity index (χ4v) is 2.57. The number of hydrogen-bond acceptors (Lipinski definition) is 4. The Morgan fingerprint density at radius 1 is 1.15 bits per heavy atom. The maximum Gasteiger partial charge on any atom is 0.295 e. The van der Waals surface area contributed by atoms with Gasteiger partial charge in [0.25, 0.3) is 5.69 Å². The van der Waals surface area contributed by atoms with E-state index in [9.17, 15) is 10.1 Å². The van der Waals surface area contributed by atoms with Crippen LogP contribution in [-0.4, -0.2) is 9.91 Å². The van der Waals surface area contributed by atoms with Gasteiger partial charge in [0.05, 0.1) is 10.6 Å². The van der Waals surface area contributed by atoms with Gasteiger partial charge in [0.1, 0.15) is 5.52 Å². The number of nitro benzene ring substituents is 1. The first kappa shape index (κ1) is 12.5. The van der Waals surface area contributed by atoms with E-state index in [1.807, 2.05) is 47.2 Å². The molecule has 98 valence electrons. The molecule has 0 fully saturated rings. The minimum atomic E-state index is -0.401. The minimum absolute atomic E-state index is 0.0354. The Balaban J connectivity index is 2.05. The van der Waals surface area contributed by atoms with Crippen LogP contribution in [0.25, 0.3) is 23.1 Å². The molecule has 2 heterocycles. The van der Waals surface area contributed by atoms with E-state index in [4.69, 9.17) is 0 Å². The summed E-state index contributed by atoms with van der Waals surface area (Å²) in [4.78, 5) is 15.0. The highest BCUT2D eigenvalue weighted by Gasteiger charge is 2.12. The van der Waals surface area contributed by atoms with Crippen molar-refractivity contribution in [3.8, 4) is 0 Å². The lowest BCUT2D eigenvalue weighted by Crippen LogP contribution is -1.92. The first-order valence-electron chi connectivity index (χ1n) is 5.98. The number of nitro groups is 1. The second-order valence-corrected chi connectivity index (χ2v) is 5.01. The molecular formula is C15H10N2O2S. The average molecular weight is 282 g/mol. The van der Waals surface area contributed by atoms with E-state index in [-0.39, 0.29) is 5.69 Å². The molecule has 0 spiro atoms. The molecular weight excluding hydrogens is 272 g/mol. The van der Waals surface area contributed by atoms with Gasteiger partial charge in [0.2, 0.25) is 0 Å². The Hall–Kier alpha value is -2.53. The number of benzene rings is 1. The lowest BCUT2D eigenvalue weighted by molar-refractivity contribution is -0.383. The summed E-state index contributed by atoms with van der Waals surface area (Å²) in [6.45, 7) is 0. The lowest BCUT2D eigenvalue weighted by atomic mass is 10.1. The van der Waals surface area contributed by atoms with Gasteiger partial charge >= 0.3 is 0 Å². The van der Waals surface area contributed by atoms with Crippen LogP contribution in [0.1, 0.15) is 11.3 Å². The Bertz CT molecular complexity index is 795. The zero-order valence-corrected chi connectivity index (χ0v) is 11.2. The van der Waals surface area contributed by atoms with E-state index < -0.39 is 4.92 Å². The summed E-state index contributed by atoms with van der Waals surface area (Å²) >= 11 is 1.62. The molecule has 0 bridgehead atoms. The molecule has 3 aromatic rings.